The molecule has 3 heterocycles. The topological polar surface area (TPSA) is 71.3 Å². The second kappa shape index (κ2) is 8.33. The van der Waals surface area contributed by atoms with Crippen LogP contribution in [0.4, 0.5) is 5.69 Å². The number of nitrogens with zero attached hydrogens (tertiary/aromatic N) is 3. The van der Waals surface area contributed by atoms with Crippen LogP contribution in [0.2, 0.25) is 0 Å². The van der Waals surface area contributed by atoms with Crippen molar-refractivity contribution in [2.45, 2.75) is 18.8 Å². The van der Waals surface area contributed by atoms with Gasteiger partial charge in [-0.2, -0.15) is 11.3 Å². The van der Waals surface area contributed by atoms with E-state index in [0.717, 1.165) is 41.7 Å². The fourth-order valence-corrected chi connectivity index (χ4v) is 4.07. The van der Waals surface area contributed by atoms with Crippen molar-refractivity contribution >= 4 is 38.9 Å². The second-order valence-corrected chi connectivity index (χ2v) is 8.26. The normalized spacial score (nSPS) is 15.7. The van der Waals surface area contributed by atoms with Gasteiger partial charge in [-0.1, -0.05) is 15.9 Å². The molecule has 8 heteroatoms. The van der Waals surface area contributed by atoms with Crippen molar-refractivity contribution in [3.8, 4) is 11.5 Å². The van der Waals surface area contributed by atoms with Gasteiger partial charge in [0.05, 0.1) is 6.54 Å². The first-order chi connectivity index (χ1) is 13.2. The standard InChI is InChI=1S/C19H19BrN4O2S/c20-15-1-3-16(4-2-15)21-17(25)11-24-8-5-13(6-9-24)18-22-23-19(26-18)14-7-10-27-12-14/h1-4,7,10,12-13H,5-6,8-9,11H2,(H,21,25). The molecule has 0 unspecified atom stereocenters. The van der Waals surface area contributed by atoms with Gasteiger partial charge in [0.25, 0.3) is 0 Å². The lowest BCUT2D eigenvalue weighted by Gasteiger charge is -2.29. The highest BCUT2D eigenvalue weighted by Crippen LogP contribution is 2.29. The summed E-state index contributed by atoms with van der Waals surface area (Å²) in [5.74, 6) is 1.56. The van der Waals surface area contributed by atoms with Crippen LogP contribution in [-0.2, 0) is 4.79 Å². The van der Waals surface area contributed by atoms with E-state index in [2.05, 4.69) is 36.3 Å². The summed E-state index contributed by atoms with van der Waals surface area (Å²) in [6.45, 7) is 2.08. The van der Waals surface area contributed by atoms with Crippen molar-refractivity contribution in [3.63, 3.8) is 0 Å². The Morgan fingerprint density at radius 3 is 2.70 bits per heavy atom. The summed E-state index contributed by atoms with van der Waals surface area (Å²) in [7, 11) is 0. The third-order valence-corrected chi connectivity index (χ3v) is 5.85. The monoisotopic (exact) mass is 446 g/mol. The first-order valence-corrected chi connectivity index (χ1v) is 10.5. The minimum absolute atomic E-state index is 0.00769. The number of piperidine rings is 1. The highest BCUT2D eigenvalue weighted by molar-refractivity contribution is 9.10. The Morgan fingerprint density at radius 1 is 1.22 bits per heavy atom. The SMILES string of the molecule is O=C(CN1CCC(c2nnc(-c3ccsc3)o2)CC1)Nc1ccc(Br)cc1. The molecule has 1 N–H and O–H groups in total. The first-order valence-electron chi connectivity index (χ1n) is 8.81. The van der Waals surface area contributed by atoms with Crippen molar-refractivity contribution < 1.29 is 9.21 Å². The van der Waals surface area contributed by atoms with Crippen molar-refractivity contribution in [1.29, 1.82) is 0 Å². The Hall–Kier alpha value is -2.03. The van der Waals surface area contributed by atoms with Crippen LogP contribution in [0.25, 0.3) is 11.5 Å². The zero-order valence-corrected chi connectivity index (χ0v) is 17.0. The molecule has 0 saturated carbocycles. The van der Waals surface area contributed by atoms with E-state index in [1.807, 2.05) is 41.1 Å². The summed E-state index contributed by atoms with van der Waals surface area (Å²) in [5.41, 5.74) is 1.78. The molecule has 1 fully saturated rings. The van der Waals surface area contributed by atoms with E-state index in [9.17, 15) is 4.79 Å². The molecule has 1 aliphatic rings. The molecule has 0 bridgehead atoms. The summed E-state index contributed by atoms with van der Waals surface area (Å²) in [6.07, 6.45) is 1.83. The van der Waals surface area contributed by atoms with Gasteiger partial charge in [0.1, 0.15) is 0 Å². The number of hydrogen-bond acceptors (Lipinski definition) is 6. The summed E-state index contributed by atoms with van der Waals surface area (Å²) in [4.78, 5) is 14.4. The zero-order valence-electron chi connectivity index (χ0n) is 14.6. The molecule has 0 radical (unpaired) electrons. The average Bonchev–Trinajstić information content (AvgIpc) is 3.36. The van der Waals surface area contributed by atoms with Crippen LogP contribution < -0.4 is 5.32 Å². The molecule has 1 aromatic carbocycles. The number of benzene rings is 1. The van der Waals surface area contributed by atoms with Gasteiger partial charge in [-0.3, -0.25) is 9.69 Å². The number of anilines is 1. The van der Waals surface area contributed by atoms with Gasteiger partial charge in [0, 0.05) is 27.0 Å². The van der Waals surface area contributed by atoms with E-state index in [1.165, 1.54) is 0 Å². The Morgan fingerprint density at radius 2 is 2.00 bits per heavy atom. The molecule has 1 saturated heterocycles. The maximum absolute atomic E-state index is 12.2. The van der Waals surface area contributed by atoms with Crippen LogP contribution in [0.15, 0.2) is 50.0 Å². The van der Waals surface area contributed by atoms with Crippen LogP contribution in [-0.4, -0.2) is 40.6 Å². The zero-order chi connectivity index (χ0) is 18.6. The average molecular weight is 447 g/mol. The van der Waals surface area contributed by atoms with Gasteiger partial charge in [-0.15, -0.1) is 10.2 Å². The molecule has 0 spiro atoms. The van der Waals surface area contributed by atoms with Gasteiger partial charge in [-0.25, -0.2) is 0 Å². The van der Waals surface area contributed by atoms with Crippen LogP contribution >= 0.6 is 27.3 Å². The van der Waals surface area contributed by atoms with Crippen molar-refractivity contribution in [2.75, 3.05) is 25.0 Å². The van der Waals surface area contributed by atoms with E-state index in [1.54, 1.807) is 11.3 Å². The molecule has 6 nitrogen and oxygen atoms in total. The van der Waals surface area contributed by atoms with Gasteiger partial charge in [0.15, 0.2) is 0 Å². The molecular formula is C19H19BrN4O2S. The van der Waals surface area contributed by atoms with Gasteiger partial charge < -0.3 is 9.73 Å². The van der Waals surface area contributed by atoms with E-state index in [-0.39, 0.29) is 11.8 Å². The number of rotatable bonds is 5. The summed E-state index contributed by atoms with van der Waals surface area (Å²) in [5, 5.41) is 15.3. The first kappa shape index (κ1) is 18.3. The second-order valence-electron chi connectivity index (χ2n) is 6.56. The largest absolute Gasteiger partial charge is 0.420 e. The van der Waals surface area contributed by atoms with Crippen LogP contribution in [0.5, 0.6) is 0 Å². The van der Waals surface area contributed by atoms with E-state index >= 15 is 0 Å². The summed E-state index contributed by atoms with van der Waals surface area (Å²) < 4.78 is 6.85. The fraction of sp³-hybridized carbons (Fsp3) is 0.316. The molecule has 140 valence electrons. The number of carbonyl (C=O) groups is 1. The molecule has 0 atom stereocenters. The Kier molecular flexibility index (Phi) is 5.66. The molecule has 1 amide bonds. The summed E-state index contributed by atoms with van der Waals surface area (Å²) in [6, 6.07) is 9.57. The number of amides is 1. The molecule has 4 rings (SSSR count). The van der Waals surface area contributed by atoms with E-state index in [0.29, 0.717) is 18.3 Å². The Bertz CT molecular complexity index is 887. The van der Waals surface area contributed by atoms with Crippen molar-refractivity contribution in [3.05, 3.63) is 51.5 Å². The third kappa shape index (κ3) is 4.63. The Labute approximate surface area is 169 Å². The predicted octanol–water partition coefficient (Wildman–Crippen LogP) is 4.38. The molecule has 0 aliphatic carbocycles. The molecule has 27 heavy (non-hydrogen) atoms. The number of halogens is 1. The van der Waals surface area contributed by atoms with Gasteiger partial charge in [-0.05, 0) is 61.6 Å². The maximum Gasteiger partial charge on any atom is 0.248 e. The molecular weight excluding hydrogens is 428 g/mol. The molecule has 1 aliphatic heterocycles. The maximum atomic E-state index is 12.2. The quantitative estimate of drug-likeness (QED) is 0.629. The molecule has 3 aromatic rings. The van der Waals surface area contributed by atoms with Crippen molar-refractivity contribution in [2.24, 2.45) is 0 Å². The number of nitrogens with one attached hydrogen (secondary N) is 1. The van der Waals surface area contributed by atoms with Crippen molar-refractivity contribution in [1.82, 2.24) is 15.1 Å². The third-order valence-electron chi connectivity index (χ3n) is 4.64. The van der Waals surface area contributed by atoms with E-state index < -0.39 is 0 Å². The number of carbonyl (C=O) groups excluding carboxylic acids is 1. The van der Waals surface area contributed by atoms with E-state index in [4.69, 9.17) is 4.42 Å². The Balaban J connectivity index is 1.27. The van der Waals surface area contributed by atoms with Crippen LogP contribution in [0.3, 0.4) is 0 Å². The van der Waals surface area contributed by atoms with Gasteiger partial charge >= 0.3 is 0 Å². The minimum Gasteiger partial charge on any atom is -0.420 e. The summed E-state index contributed by atoms with van der Waals surface area (Å²) >= 11 is 5.00. The van der Waals surface area contributed by atoms with Crippen LogP contribution in [0.1, 0.15) is 24.7 Å². The lowest BCUT2D eigenvalue weighted by atomic mass is 9.97. The number of likely N-dealkylation sites (tertiary alicyclic amines) is 1. The lowest BCUT2D eigenvalue weighted by molar-refractivity contribution is -0.117. The molecule has 2 aromatic heterocycles. The highest BCUT2D eigenvalue weighted by atomic mass is 79.9. The number of aromatic nitrogens is 2. The highest BCUT2D eigenvalue weighted by Gasteiger charge is 2.26. The lowest BCUT2D eigenvalue weighted by Crippen LogP contribution is -2.38. The van der Waals surface area contributed by atoms with Crippen LogP contribution in [0, 0.1) is 0 Å². The number of hydrogen-bond donors (Lipinski definition) is 1. The van der Waals surface area contributed by atoms with Gasteiger partial charge in [0.2, 0.25) is 17.7 Å². The fourth-order valence-electron chi connectivity index (χ4n) is 3.18. The number of thiophene rings is 1. The predicted molar refractivity (Wildman–Crippen MR) is 109 cm³/mol. The smallest absolute Gasteiger partial charge is 0.248 e. The minimum atomic E-state index is 0.00769.